The van der Waals surface area contributed by atoms with Crippen molar-refractivity contribution in [2.24, 2.45) is 0 Å². The lowest BCUT2D eigenvalue weighted by Crippen LogP contribution is -2.46. The highest BCUT2D eigenvalue weighted by atomic mass is 16.2. The van der Waals surface area contributed by atoms with E-state index in [0.29, 0.717) is 6.61 Å². The van der Waals surface area contributed by atoms with Gasteiger partial charge in [0.25, 0.3) is 0 Å². The second-order valence-electron chi connectivity index (χ2n) is 10.7. The van der Waals surface area contributed by atoms with Crippen molar-refractivity contribution in [2.45, 2.75) is 64.2 Å². The first-order valence-corrected chi connectivity index (χ1v) is 12.0. The molecule has 0 radical (unpaired) electrons. The van der Waals surface area contributed by atoms with Crippen LogP contribution in [0.5, 0.6) is 0 Å². The van der Waals surface area contributed by atoms with Crippen molar-refractivity contribution in [1.82, 2.24) is 9.88 Å². The topological polar surface area (TPSA) is 39.6 Å². The van der Waals surface area contributed by atoms with Gasteiger partial charge in [-0.25, -0.2) is 4.98 Å². The molecule has 0 unspecified atom stereocenters. The largest absolute Gasteiger partial charge is 0.396 e. The van der Waals surface area contributed by atoms with Gasteiger partial charge < -0.3 is 10.0 Å². The highest BCUT2D eigenvalue weighted by molar-refractivity contribution is 5.65. The van der Waals surface area contributed by atoms with Crippen LogP contribution in [0, 0.1) is 0 Å². The minimum absolute atomic E-state index is 0.213. The molecule has 31 heavy (non-hydrogen) atoms. The first-order valence-electron chi connectivity index (χ1n) is 12.0. The number of hydrogen-bond donors (Lipinski definition) is 1. The molecule has 0 bridgehead atoms. The molecule has 2 heterocycles. The van der Waals surface area contributed by atoms with Crippen LogP contribution in [0.25, 0.3) is 11.3 Å². The van der Waals surface area contributed by atoms with Gasteiger partial charge in [0.15, 0.2) is 0 Å². The molecule has 0 spiro atoms. The molecule has 4 rings (SSSR count). The monoisotopic (exact) mass is 421 g/mol. The van der Waals surface area contributed by atoms with Gasteiger partial charge in [-0.2, -0.15) is 0 Å². The van der Waals surface area contributed by atoms with Crippen LogP contribution in [-0.4, -0.2) is 54.3 Å². The van der Waals surface area contributed by atoms with Crippen LogP contribution >= 0.6 is 0 Å². The maximum Gasteiger partial charge on any atom is 0.129 e. The molecule has 1 N–H and O–H groups in total. The average molecular weight is 422 g/mol. The third kappa shape index (κ3) is 4.80. The van der Waals surface area contributed by atoms with E-state index in [1.165, 1.54) is 29.5 Å². The van der Waals surface area contributed by atoms with Crippen molar-refractivity contribution in [1.29, 1.82) is 0 Å². The van der Waals surface area contributed by atoms with Crippen molar-refractivity contribution in [2.75, 3.05) is 44.2 Å². The first kappa shape index (κ1) is 22.3. The first-order chi connectivity index (χ1) is 14.8. The Morgan fingerprint density at radius 1 is 0.871 bits per heavy atom. The van der Waals surface area contributed by atoms with Crippen LogP contribution in [0.4, 0.5) is 5.82 Å². The van der Waals surface area contributed by atoms with Gasteiger partial charge in [0, 0.05) is 38.3 Å². The fourth-order valence-corrected chi connectivity index (χ4v) is 5.16. The summed E-state index contributed by atoms with van der Waals surface area (Å²) in [6, 6.07) is 13.5. The zero-order chi connectivity index (χ0) is 22.1. The van der Waals surface area contributed by atoms with E-state index in [-0.39, 0.29) is 10.8 Å². The number of aliphatic hydroxyl groups excluding tert-OH is 1. The molecule has 0 saturated carbocycles. The number of pyridine rings is 1. The fraction of sp³-hybridized carbons (Fsp3) is 0.593. The number of unbranched alkanes of at least 4 members (excludes halogenated alkanes) is 1. The van der Waals surface area contributed by atoms with E-state index in [9.17, 15) is 0 Å². The number of fused-ring (bicyclic) bond motifs is 1. The third-order valence-corrected chi connectivity index (χ3v) is 7.46. The zero-order valence-corrected chi connectivity index (χ0v) is 19.8. The SMILES string of the molecule is CC1(C)CCC(C)(C)c2cc(-c3cccc(N4CCN(CCCCO)CC4)n3)ccc21. The fourth-order valence-electron chi connectivity index (χ4n) is 5.16. The summed E-state index contributed by atoms with van der Waals surface area (Å²) in [5.41, 5.74) is 5.75. The van der Waals surface area contributed by atoms with Gasteiger partial charge in [-0.1, -0.05) is 45.9 Å². The van der Waals surface area contributed by atoms with Crippen LogP contribution in [0.2, 0.25) is 0 Å². The van der Waals surface area contributed by atoms with E-state index in [0.717, 1.165) is 57.1 Å². The summed E-state index contributed by atoms with van der Waals surface area (Å²) in [6.45, 7) is 15.1. The lowest BCUT2D eigenvalue weighted by atomic mass is 9.63. The molecule has 1 aliphatic heterocycles. The third-order valence-electron chi connectivity index (χ3n) is 7.46. The molecule has 4 nitrogen and oxygen atoms in total. The van der Waals surface area contributed by atoms with Gasteiger partial charge >= 0.3 is 0 Å². The number of anilines is 1. The van der Waals surface area contributed by atoms with Gasteiger partial charge in [0.1, 0.15) is 5.82 Å². The van der Waals surface area contributed by atoms with E-state index in [1.807, 2.05) is 0 Å². The molecule has 0 atom stereocenters. The molecule has 0 amide bonds. The molecule has 2 aliphatic rings. The Bertz CT molecular complexity index is 897. The highest BCUT2D eigenvalue weighted by Gasteiger charge is 2.37. The van der Waals surface area contributed by atoms with Crippen molar-refractivity contribution < 1.29 is 5.11 Å². The molecule has 1 aromatic carbocycles. The zero-order valence-electron chi connectivity index (χ0n) is 19.8. The Balaban J connectivity index is 1.52. The number of piperazine rings is 1. The predicted molar refractivity (Wildman–Crippen MR) is 130 cm³/mol. The molecule has 4 heteroatoms. The second kappa shape index (κ2) is 8.91. The molecular weight excluding hydrogens is 382 g/mol. The molecular formula is C27H39N3O. The summed E-state index contributed by atoms with van der Waals surface area (Å²) in [4.78, 5) is 9.99. The van der Waals surface area contributed by atoms with E-state index in [4.69, 9.17) is 10.1 Å². The molecule has 1 aliphatic carbocycles. The lowest BCUT2D eigenvalue weighted by Gasteiger charge is -2.42. The number of nitrogens with zero attached hydrogens (tertiary/aromatic N) is 3. The van der Waals surface area contributed by atoms with Crippen molar-refractivity contribution in [3.63, 3.8) is 0 Å². The Hall–Kier alpha value is -1.91. The van der Waals surface area contributed by atoms with Crippen molar-refractivity contribution in [3.8, 4) is 11.3 Å². The van der Waals surface area contributed by atoms with Gasteiger partial charge in [0.2, 0.25) is 0 Å². The summed E-state index contributed by atoms with van der Waals surface area (Å²) >= 11 is 0. The maximum atomic E-state index is 8.99. The van der Waals surface area contributed by atoms with Crippen molar-refractivity contribution in [3.05, 3.63) is 47.5 Å². The number of aromatic nitrogens is 1. The summed E-state index contributed by atoms with van der Waals surface area (Å²) in [6.07, 6.45) is 4.45. The summed E-state index contributed by atoms with van der Waals surface area (Å²) in [5.74, 6) is 1.09. The minimum atomic E-state index is 0.213. The Morgan fingerprint density at radius 2 is 1.58 bits per heavy atom. The van der Waals surface area contributed by atoms with E-state index in [2.05, 4.69) is 73.9 Å². The molecule has 1 saturated heterocycles. The van der Waals surface area contributed by atoms with Crippen LogP contribution in [0.3, 0.4) is 0 Å². The molecule has 1 fully saturated rings. The van der Waals surface area contributed by atoms with Crippen LogP contribution in [0.15, 0.2) is 36.4 Å². The molecule has 168 valence electrons. The Morgan fingerprint density at radius 3 is 2.29 bits per heavy atom. The number of aliphatic hydroxyl groups is 1. The van der Waals surface area contributed by atoms with Crippen molar-refractivity contribution >= 4 is 5.82 Å². The number of rotatable bonds is 6. The average Bonchev–Trinajstić information content (AvgIpc) is 2.78. The smallest absolute Gasteiger partial charge is 0.129 e. The maximum absolute atomic E-state index is 8.99. The van der Waals surface area contributed by atoms with Gasteiger partial charge in [-0.15, -0.1) is 0 Å². The number of benzene rings is 1. The normalized spacial score (nSPS) is 20.5. The number of hydrogen-bond acceptors (Lipinski definition) is 4. The van der Waals surface area contributed by atoms with E-state index in [1.54, 1.807) is 0 Å². The lowest BCUT2D eigenvalue weighted by molar-refractivity contribution is 0.232. The van der Waals surface area contributed by atoms with Crippen LogP contribution < -0.4 is 4.90 Å². The molecule has 1 aromatic heterocycles. The Kier molecular flexibility index (Phi) is 6.41. The van der Waals surface area contributed by atoms with Crippen LogP contribution in [0.1, 0.15) is 64.5 Å². The van der Waals surface area contributed by atoms with E-state index >= 15 is 0 Å². The van der Waals surface area contributed by atoms with Gasteiger partial charge in [-0.05, 0) is 72.4 Å². The van der Waals surface area contributed by atoms with Gasteiger partial charge in [-0.3, -0.25) is 4.90 Å². The predicted octanol–water partition coefficient (Wildman–Crippen LogP) is 4.99. The highest BCUT2D eigenvalue weighted by Crippen LogP contribution is 2.46. The van der Waals surface area contributed by atoms with Crippen LogP contribution in [-0.2, 0) is 10.8 Å². The van der Waals surface area contributed by atoms with Gasteiger partial charge in [0.05, 0.1) is 5.69 Å². The second-order valence-corrected chi connectivity index (χ2v) is 10.7. The Labute approximate surface area is 188 Å². The molecule has 2 aromatic rings. The van der Waals surface area contributed by atoms with E-state index < -0.39 is 0 Å². The summed E-state index contributed by atoms with van der Waals surface area (Å²) in [7, 11) is 0. The minimum Gasteiger partial charge on any atom is -0.396 e. The summed E-state index contributed by atoms with van der Waals surface area (Å²) in [5, 5.41) is 8.99. The quantitative estimate of drug-likeness (QED) is 0.667. The summed E-state index contributed by atoms with van der Waals surface area (Å²) < 4.78 is 0. The standard InChI is InChI=1S/C27H39N3O/c1-26(2)12-13-27(3,4)23-20-21(10-11-22(23)26)24-8-7-9-25(28-24)30-17-15-29(16-18-30)14-5-6-19-31/h7-11,20,31H,5-6,12-19H2,1-4H3.